The Labute approximate surface area is 167 Å². The predicted octanol–water partition coefficient (Wildman–Crippen LogP) is 5.57. The van der Waals surface area contributed by atoms with Crippen molar-refractivity contribution in [1.29, 1.82) is 0 Å². The predicted molar refractivity (Wildman–Crippen MR) is 109 cm³/mol. The Balaban J connectivity index is 1.83. The monoisotopic (exact) mass is 410 g/mol. The molecule has 140 valence electrons. The number of hydrogen-bond acceptors (Lipinski definition) is 5. The van der Waals surface area contributed by atoms with Crippen LogP contribution in [0.15, 0.2) is 99.3 Å². The molecule has 1 heterocycles. The van der Waals surface area contributed by atoms with Crippen molar-refractivity contribution in [3.05, 3.63) is 90.0 Å². The van der Waals surface area contributed by atoms with Crippen LogP contribution in [0.4, 0.5) is 11.6 Å². The second-order valence-corrected chi connectivity index (χ2v) is 8.27. The van der Waals surface area contributed by atoms with Gasteiger partial charge in [0.15, 0.2) is 0 Å². The molecule has 0 atom stereocenters. The molecule has 0 unspecified atom stereocenters. The van der Waals surface area contributed by atoms with E-state index in [4.69, 9.17) is 16.0 Å². The van der Waals surface area contributed by atoms with Crippen LogP contribution in [0, 0.1) is 0 Å². The van der Waals surface area contributed by atoms with E-state index < -0.39 is 9.84 Å². The third-order valence-electron chi connectivity index (χ3n) is 4.03. The van der Waals surface area contributed by atoms with Gasteiger partial charge in [-0.2, -0.15) is 4.98 Å². The molecular formula is C21H15ClN2O3S. The van der Waals surface area contributed by atoms with Gasteiger partial charge in [0.2, 0.25) is 26.6 Å². The summed E-state index contributed by atoms with van der Waals surface area (Å²) in [4.78, 5) is 4.44. The van der Waals surface area contributed by atoms with Gasteiger partial charge >= 0.3 is 0 Å². The van der Waals surface area contributed by atoms with Crippen molar-refractivity contribution in [1.82, 2.24) is 4.98 Å². The maximum Gasteiger partial charge on any atom is 0.238 e. The fraction of sp³-hybridized carbons (Fsp3) is 0. The van der Waals surface area contributed by atoms with E-state index in [0.717, 1.165) is 0 Å². The van der Waals surface area contributed by atoms with Gasteiger partial charge in [0.05, 0.1) is 4.90 Å². The number of benzene rings is 3. The van der Waals surface area contributed by atoms with Crippen LogP contribution in [0.2, 0.25) is 5.02 Å². The zero-order valence-corrected chi connectivity index (χ0v) is 16.1. The highest BCUT2D eigenvalue weighted by molar-refractivity contribution is 7.91. The maximum absolute atomic E-state index is 13.2. The Hall–Kier alpha value is -3.09. The molecule has 1 aromatic heterocycles. The summed E-state index contributed by atoms with van der Waals surface area (Å²) in [5.74, 6) is 0.261. The van der Waals surface area contributed by atoms with Gasteiger partial charge in [-0.25, -0.2) is 8.42 Å². The largest absolute Gasteiger partial charge is 0.419 e. The van der Waals surface area contributed by atoms with Crippen molar-refractivity contribution in [2.45, 2.75) is 9.92 Å². The molecule has 4 rings (SSSR count). The highest BCUT2D eigenvalue weighted by atomic mass is 35.5. The molecule has 0 fully saturated rings. The number of sulfone groups is 1. The normalized spacial score (nSPS) is 11.3. The van der Waals surface area contributed by atoms with Crippen molar-refractivity contribution >= 4 is 33.0 Å². The molecule has 5 nitrogen and oxygen atoms in total. The zero-order chi connectivity index (χ0) is 19.6. The van der Waals surface area contributed by atoms with Gasteiger partial charge in [-0.3, -0.25) is 0 Å². The van der Waals surface area contributed by atoms with Crippen molar-refractivity contribution in [3.63, 3.8) is 0 Å². The maximum atomic E-state index is 13.2. The summed E-state index contributed by atoms with van der Waals surface area (Å²) < 4.78 is 32.1. The molecule has 0 saturated heterocycles. The number of anilines is 2. The molecule has 0 aliphatic rings. The van der Waals surface area contributed by atoms with Crippen LogP contribution < -0.4 is 5.32 Å². The van der Waals surface area contributed by atoms with Crippen LogP contribution in [-0.4, -0.2) is 13.4 Å². The number of rotatable bonds is 5. The highest BCUT2D eigenvalue weighted by Gasteiger charge is 2.28. The summed E-state index contributed by atoms with van der Waals surface area (Å²) in [6.07, 6.45) is 0. The van der Waals surface area contributed by atoms with E-state index in [1.54, 1.807) is 54.6 Å². The lowest BCUT2D eigenvalue weighted by atomic mass is 10.2. The van der Waals surface area contributed by atoms with Crippen LogP contribution in [0.25, 0.3) is 11.5 Å². The summed E-state index contributed by atoms with van der Waals surface area (Å²) in [6.45, 7) is 0. The molecule has 0 aliphatic heterocycles. The second kappa shape index (κ2) is 7.50. The van der Waals surface area contributed by atoms with E-state index in [1.165, 1.54) is 12.1 Å². The number of aromatic nitrogens is 1. The average Bonchev–Trinajstić information content (AvgIpc) is 3.16. The van der Waals surface area contributed by atoms with E-state index in [2.05, 4.69) is 10.3 Å². The SMILES string of the molecule is O=S(=O)(c1ccccc1)c1nc(-c2ccccc2)oc1Nc1ccc(Cl)cc1. The van der Waals surface area contributed by atoms with E-state index in [9.17, 15) is 8.42 Å². The standard InChI is InChI=1S/C21H15ClN2O3S/c22-16-11-13-17(14-12-16)23-20-21(28(25,26)18-9-5-2-6-10-18)24-19(27-20)15-7-3-1-4-8-15/h1-14,23H. The molecule has 0 amide bonds. The fourth-order valence-electron chi connectivity index (χ4n) is 2.65. The van der Waals surface area contributed by atoms with Gasteiger partial charge in [-0.15, -0.1) is 0 Å². The molecule has 3 aromatic carbocycles. The third-order valence-corrected chi connectivity index (χ3v) is 5.96. The summed E-state index contributed by atoms with van der Waals surface area (Å²) in [6, 6.07) is 24.1. The van der Waals surface area contributed by atoms with Crippen molar-refractivity contribution in [2.24, 2.45) is 0 Å². The van der Waals surface area contributed by atoms with Crippen molar-refractivity contribution in [2.75, 3.05) is 5.32 Å². The van der Waals surface area contributed by atoms with Crippen molar-refractivity contribution < 1.29 is 12.8 Å². The smallest absolute Gasteiger partial charge is 0.238 e. The van der Waals surface area contributed by atoms with Gasteiger partial charge in [0.25, 0.3) is 0 Å². The molecule has 0 spiro atoms. The van der Waals surface area contributed by atoms with Crippen LogP contribution in [0.3, 0.4) is 0 Å². The number of nitrogens with one attached hydrogen (secondary N) is 1. The second-order valence-electron chi connectivity index (χ2n) is 5.97. The molecule has 7 heteroatoms. The Morgan fingerprint density at radius 2 is 1.43 bits per heavy atom. The lowest BCUT2D eigenvalue weighted by molar-refractivity contribution is 0.582. The number of halogens is 1. The van der Waals surface area contributed by atoms with E-state index in [-0.39, 0.29) is 21.7 Å². The summed E-state index contributed by atoms with van der Waals surface area (Å²) in [7, 11) is -3.88. The molecule has 0 saturated carbocycles. The lowest BCUT2D eigenvalue weighted by Crippen LogP contribution is -2.05. The average molecular weight is 411 g/mol. The van der Waals surface area contributed by atoms with Gasteiger partial charge in [-0.05, 0) is 48.5 Å². The summed E-state index contributed by atoms with van der Waals surface area (Å²) in [5.41, 5.74) is 1.31. The quantitative estimate of drug-likeness (QED) is 0.465. The lowest BCUT2D eigenvalue weighted by Gasteiger charge is -2.06. The third kappa shape index (κ3) is 3.65. The Bertz CT molecular complexity index is 1190. The first-order valence-electron chi connectivity index (χ1n) is 8.43. The van der Waals surface area contributed by atoms with Gasteiger partial charge in [-0.1, -0.05) is 48.0 Å². The first kappa shape index (κ1) is 18.3. The number of hydrogen-bond donors (Lipinski definition) is 1. The van der Waals surface area contributed by atoms with Crippen LogP contribution in [-0.2, 0) is 9.84 Å². The first-order chi connectivity index (χ1) is 13.5. The topological polar surface area (TPSA) is 72.2 Å². The molecule has 0 bridgehead atoms. The van der Waals surface area contributed by atoms with Crippen LogP contribution in [0.5, 0.6) is 0 Å². The molecule has 4 aromatic rings. The molecule has 28 heavy (non-hydrogen) atoms. The van der Waals surface area contributed by atoms with Gasteiger partial charge in [0.1, 0.15) is 0 Å². The Morgan fingerprint density at radius 1 is 0.821 bits per heavy atom. The number of nitrogens with zero attached hydrogens (tertiary/aromatic N) is 1. The van der Waals surface area contributed by atoms with Gasteiger partial charge in [0, 0.05) is 16.3 Å². The van der Waals surface area contributed by atoms with Gasteiger partial charge < -0.3 is 9.73 Å². The number of oxazole rings is 1. The highest BCUT2D eigenvalue weighted by Crippen LogP contribution is 2.34. The minimum Gasteiger partial charge on any atom is -0.419 e. The van der Waals surface area contributed by atoms with Crippen LogP contribution in [0.1, 0.15) is 0 Å². The molecular weight excluding hydrogens is 396 g/mol. The van der Waals surface area contributed by atoms with E-state index in [1.807, 2.05) is 18.2 Å². The summed E-state index contributed by atoms with van der Waals surface area (Å²) in [5, 5.41) is 3.40. The minimum absolute atomic E-state index is 0.0463. The Morgan fingerprint density at radius 3 is 2.07 bits per heavy atom. The minimum atomic E-state index is -3.88. The molecule has 0 radical (unpaired) electrons. The van der Waals surface area contributed by atoms with Crippen molar-refractivity contribution in [3.8, 4) is 11.5 Å². The van der Waals surface area contributed by atoms with E-state index >= 15 is 0 Å². The van der Waals surface area contributed by atoms with E-state index in [0.29, 0.717) is 16.3 Å². The molecule has 1 N–H and O–H groups in total. The zero-order valence-electron chi connectivity index (χ0n) is 14.5. The molecule has 0 aliphatic carbocycles. The fourth-order valence-corrected chi connectivity index (χ4v) is 4.05. The van der Waals surface area contributed by atoms with Crippen LogP contribution >= 0.6 is 11.6 Å². The first-order valence-corrected chi connectivity index (χ1v) is 10.3. The Kier molecular flexibility index (Phi) is 4.90. The summed E-state index contributed by atoms with van der Waals surface area (Å²) >= 11 is 5.92.